The largest absolute Gasteiger partial charge is 0.322 e. The molecular formula is C19H21FN2O3S. The first-order valence-corrected chi connectivity index (χ1v) is 9.97. The molecule has 3 rings (SSSR count). The van der Waals surface area contributed by atoms with E-state index in [1.165, 1.54) is 48.5 Å². The molecule has 1 saturated carbocycles. The molecule has 1 aliphatic rings. The molecule has 7 heteroatoms. The Balaban J connectivity index is 1.78. The van der Waals surface area contributed by atoms with E-state index in [1.54, 1.807) is 0 Å². The van der Waals surface area contributed by atoms with Crippen LogP contribution in [0.1, 0.15) is 43.0 Å². The van der Waals surface area contributed by atoms with Gasteiger partial charge in [0.15, 0.2) is 0 Å². The Morgan fingerprint density at radius 1 is 1.08 bits per heavy atom. The summed E-state index contributed by atoms with van der Waals surface area (Å²) in [5.41, 5.74) is 0.209. The van der Waals surface area contributed by atoms with E-state index in [-0.39, 0.29) is 10.5 Å². The summed E-state index contributed by atoms with van der Waals surface area (Å²) in [6.45, 7) is 1.91. The first kappa shape index (κ1) is 18.5. The molecule has 1 amide bonds. The average Bonchev–Trinajstić information content (AvgIpc) is 3.02. The molecule has 0 spiro atoms. The average molecular weight is 376 g/mol. The standard InChI is InChI=1S/C19H21FN2O3S/c1-19(11-2-3-12-19)22-26(24,25)17-6-4-5-14(13-17)18(23)21-16-9-7-15(20)8-10-16/h4-10,13,22H,2-3,11-12H2,1H3,(H,21,23). The van der Waals surface area contributed by atoms with Gasteiger partial charge in [0.2, 0.25) is 10.0 Å². The van der Waals surface area contributed by atoms with Crippen molar-refractivity contribution < 1.29 is 17.6 Å². The monoisotopic (exact) mass is 376 g/mol. The van der Waals surface area contributed by atoms with Gasteiger partial charge in [-0.3, -0.25) is 4.79 Å². The molecule has 0 bridgehead atoms. The quantitative estimate of drug-likeness (QED) is 0.836. The van der Waals surface area contributed by atoms with Gasteiger partial charge in [-0.25, -0.2) is 17.5 Å². The molecule has 0 saturated heterocycles. The van der Waals surface area contributed by atoms with Crippen LogP contribution in [-0.2, 0) is 10.0 Å². The van der Waals surface area contributed by atoms with E-state index in [1.807, 2.05) is 6.92 Å². The van der Waals surface area contributed by atoms with Crippen LogP contribution in [0.3, 0.4) is 0 Å². The number of anilines is 1. The molecule has 0 aliphatic heterocycles. The lowest BCUT2D eigenvalue weighted by molar-refractivity contribution is 0.102. The van der Waals surface area contributed by atoms with Crippen LogP contribution in [0.4, 0.5) is 10.1 Å². The maximum Gasteiger partial charge on any atom is 0.255 e. The molecule has 2 aromatic rings. The number of hydrogen-bond acceptors (Lipinski definition) is 3. The van der Waals surface area contributed by atoms with E-state index in [0.29, 0.717) is 5.69 Å². The molecule has 0 heterocycles. The number of carbonyl (C=O) groups is 1. The molecule has 1 fully saturated rings. The first-order chi connectivity index (χ1) is 12.3. The zero-order valence-electron chi connectivity index (χ0n) is 14.5. The second-order valence-electron chi connectivity index (χ2n) is 6.86. The Morgan fingerprint density at radius 2 is 1.73 bits per heavy atom. The second kappa shape index (κ2) is 7.17. The van der Waals surface area contributed by atoms with Crippen LogP contribution < -0.4 is 10.0 Å². The highest BCUT2D eigenvalue weighted by Gasteiger charge is 2.33. The molecule has 1 aliphatic carbocycles. The molecule has 26 heavy (non-hydrogen) atoms. The highest BCUT2D eigenvalue weighted by atomic mass is 32.2. The van der Waals surface area contributed by atoms with Crippen molar-refractivity contribution in [1.29, 1.82) is 0 Å². The van der Waals surface area contributed by atoms with Crippen LogP contribution in [0.5, 0.6) is 0 Å². The van der Waals surface area contributed by atoms with Crippen LogP contribution in [-0.4, -0.2) is 19.9 Å². The van der Waals surface area contributed by atoms with Crippen molar-refractivity contribution in [1.82, 2.24) is 4.72 Å². The lowest BCUT2D eigenvalue weighted by Gasteiger charge is -2.25. The summed E-state index contributed by atoms with van der Waals surface area (Å²) < 4.78 is 41.1. The molecule has 0 unspecified atom stereocenters. The van der Waals surface area contributed by atoms with E-state index < -0.39 is 27.3 Å². The normalized spacial score (nSPS) is 16.4. The van der Waals surface area contributed by atoms with E-state index in [2.05, 4.69) is 10.0 Å². The number of rotatable bonds is 5. The third-order valence-corrected chi connectivity index (χ3v) is 6.23. The molecule has 0 atom stereocenters. The molecule has 0 aromatic heterocycles. The van der Waals surface area contributed by atoms with Crippen molar-refractivity contribution in [2.45, 2.75) is 43.0 Å². The van der Waals surface area contributed by atoms with E-state index in [4.69, 9.17) is 0 Å². The maximum atomic E-state index is 12.9. The number of benzene rings is 2. The fourth-order valence-corrected chi connectivity index (χ4v) is 4.69. The van der Waals surface area contributed by atoms with Crippen LogP contribution >= 0.6 is 0 Å². The lowest BCUT2D eigenvalue weighted by Crippen LogP contribution is -2.43. The summed E-state index contributed by atoms with van der Waals surface area (Å²) in [5.74, 6) is -0.858. The Kier molecular flexibility index (Phi) is 5.11. The van der Waals surface area contributed by atoms with E-state index >= 15 is 0 Å². The van der Waals surface area contributed by atoms with Gasteiger partial charge in [-0.2, -0.15) is 0 Å². The minimum atomic E-state index is -3.72. The Labute approximate surface area is 152 Å². The highest BCUT2D eigenvalue weighted by molar-refractivity contribution is 7.89. The van der Waals surface area contributed by atoms with Crippen molar-refractivity contribution in [3.63, 3.8) is 0 Å². The lowest BCUT2D eigenvalue weighted by atomic mass is 10.0. The minimum Gasteiger partial charge on any atom is -0.322 e. The number of halogens is 1. The van der Waals surface area contributed by atoms with Gasteiger partial charge in [-0.05, 0) is 62.2 Å². The third-order valence-electron chi connectivity index (χ3n) is 4.60. The summed E-state index contributed by atoms with van der Waals surface area (Å²) in [6, 6.07) is 11.2. The first-order valence-electron chi connectivity index (χ1n) is 8.48. The molecular weight excluding hydrogens is 355 g/mol. The van der Waals surface area contributed by atoms with Gasteiger partial charge in [-0.1, -0.05) is 18.9 Å². The van der Waals surface area contributed by atoms with E-state index in [0.717, 1.165) is 25.7 Å². The van der Waals surface area contributed by atoms with Gasteiger partial charge < -0.3 is 5.32 Å². The SMILES string of the molecule is CC1(NS(=O)(=O)c2cccc(C(=O)Nc3ccc(F)cc3)c2)CCCC1. The topological polar surface area (TPSA) is 75.3 Å². The van der Waals surface area contributed by atoms with Crippen molar-refractivity contribution in [3.05, 3.63) is 59.9 Å². The van der Waals surface area contributed by atoms with Crippen LogP contribution in [0.25, 0.3) is 0 Å². The van der Waals surface area contributed by atoms with Gasteiger partial charge in [0.25, 0.3) is 5.91 Å². The predicted molar refractivity (Wildman–Crippen MR) is 98.0 cm³/mol. The third kappa shape index (κ3) is 4.28. The van der Waals surface area contributed by atoms with Gasteiger partial charge in [0.1, 0.15) is 5.82 Å². The number of hydrogen-bond donors (Lipinski definition) is 2. The van der Waals surface area contributed by atoms with Crippen molar-refractivity contribution in [2.24, 2.45) is 0 Å². The zero-order valence-corrected chi connectivity index (χ0v) is 15.3. The van der Waals surface area contributed by atoms with Crippen molar-refractivity contribution in [2.75, 3.05) is 5.32 Å². The molecule has 2 aromatic carbocycles. The fraction of sp³-hybridized carbons (Fsp3) is 0.316. The summed E-state index contributed by atoms with van der Waals surface area (Å²) in [5, 5.41) is 2.62. The Hall–Kier alpha value is -2.25. The summed E-state index contributed by atoms with van der Waals surface area (Å²) in [4.78, 5) is 12.4. The van der Waals surface area contributed by atoms with Gasteiger partial charge in [-0.15, -0.1) is 0 Å². The maximum absolute atomic E-state index is 12.9. The number of amides is 1. The number of sulfonamides is 1. The number of carbonyl (C=O) groups excluding carboxylic acids is 1. The van der Waals surface area contributed by atoms with E-state index in [9.17, 15) is 17.6 Å². The predicted octanol–water partition coefficient (Wildman–Crippen LogP) is 3.69. The van der Waals surface area contributed by atoms with Gasteiger partial charge in [0, 0.05) is 16.8 Å². The number of nitrogens with one attached hydrogen (secondary N) is 2. The molecule has 0 radical (unpaired) electrons. The summed E-state index contributed by atoms with van der Waals surface area (Å²) in [6.07, 6.45) is 3.60. The molecule has 2 N–H and O–H groups in total. The van der Waals surface area contributed by atoms with Gasteiger partial charge >= 0.3 is 0 Å². The second-order valence-corrected chi connectivity index (χ2v) is 8.54. The Morgan fingerprint density at radius 3 is 2.38 bits per heavy atom. The zero-order chi connectivity index (χ0) is 18.8. The highest BCUT2D eigenvalue weighted by Crippen LogP contribution is 2.30. The summed E-state index contributed by atoms with van der Waals surface area (Å²) in [7, 11) is -3.72. The Bertz CT molecular complexity index is 905. The van der Waals surface area contributed by atoms with Crippen molar-refractivity contribution in [3.8, 4) is 0 Å². The summed E-state index contributed by atoms with van der Waals surface area (Å²) >= 11 is 0. The molecule has 138 valence electrons. The van der Waals surface area contributed by atoms with Crippen LogP contribution in [0.15, 0.2) is 53.4 Å². The minimum absolute atomic E-state index is 0.0531. The molecule has 5 nitrogen and oxygen atoms in total. The van der Waals surface area contributed by atoms with Crippen molar-refractivity contribution >= 4 is 21.6 Å². The fourth-order valence-electron chi connectivity index (χ4n) is 3.18. The van der Waals surface area contributed by atoms with Gasteiger partial charge in [0.05, 0.1) is 4.90 Å². The smallest absolute Gasteiger partial charge is 0.255 e. The van der Waals surface area contributed by atoms with Crippen LogP contribution in [0.2, 0.25) is 0 Å². The van der Waals surface area contributed by atoms with Crippen LogP contribution in [0, 0.1) is 5.82 Å².